The molecule has 0 fully saturated rings. The highest BCUT2D eigenvalue weighted by molar-refractivity contribution is 8.00. The number of carbonyl (C=O) groups excluding carboxylic acids is 1. The average molecular weight is 325 g/mol. The zero-order valence-corrected chi connectivity index (χ0v) is 13.3. The van der Waals surface area contributed by atoms with Crippen LogP contribution < -0.4 is 5.32 Å². The molecule has 0 spiro atoms. The SMILES string of the molecule is O=C1CCCC2=C1C(c1ccc(F)cc1)Sc1ccccc1N2. The minimum Gasteiger partial charge on any atom is -0.358 e. The predicted molar refractivity (Wildman–Crippen MR) is 90.9 cm³/mol. The van der Waals surface area contributed by atoms with E-state index in [1.807, 2.05) is 18.2 Å². The number of nitrogens with one attached hydrogen (secondary N) is 1. The Balaban J connectivity index is 1.86. The Kier molecular flexibility index (Phi) is 3.69. The van der Waals surface area contributed by atoms with Crippen LogP contribution >= 0.6 is 11.8 Å². The van der Waals surface area contributed by atoms with Crippen LogP contribution in [-0.4, -0.2) is 5.78 Å². The number of para-hydroxylation sites is 1. The lowest BCUT2D eigenvalue weighted by Crippen LogP contribution is -2.19. The number of rotatable bonds is 1. The summed E-state index contributed by atoms with van der Waals surface area (Å²) in [6.45, 7) is 0. The minimum absolute atomic E-state index is 0.0884. The molecule has 2 aromatic rings. The number of fused-ring (bicyclic) bond motifs is 1. The van der Waals surface area contributed by atoms with Crippen LogP contribution in [0.2, 0.25) is 0 Å². The van der Waals surface area contributed by atoms with Crippen molar-refractivity contribution in [3.8, 4) is 0 Å². The topological polar surface area (TPSA) is 29.1 Å². The number of halogens is 1. The molecule has 0 bridgehead atoms. The highest BCUT2D eigenvalue weighted by atomic mass is 32.2. The summed E-state index contributed by atoms with van der Waals surface area (Å²) in [6, 6.07) is 14.6. The van der Waals surface area contributed by atoms with Crippen LogP contribution in [0.3, 0.4) is 0 Å². The lowest BCUT2D eigenvalue weighted by Gasteiger charge is -2.24. The summed E-state index contributed by atoms with van der Waals surface area (Å²) in [6.07, 6.45) is 2.36. The lowest BCUT2D eigenvalue weighted by molar-refractivity contribution is -0.116. The number of allylic oxidation sites excluding steroid dienone is 1. The summed E-state index contributed by atoms with van der Waals surface area (Å²) in [5, 5.41) is 3.38. The van der Waals surface area contributed by atoms with E-state index in [2.05, 4.69) is 11.4 Å². The Morgan fingerprint density at radius 3 is 2.65 bits per heavy atom. The summed E-state index contributed by atoms with van der Waals surface area (Å²) >= 11 is 1.66. The van der Waals surface area contributed by atoms with Gasteiger partial charge >= 0.3 is 0 Å². The van der Waals surface area contributed by atoms with Crippen molar-refractivity contribution >= 4 is 23.2 Å². The van der Waals surface area contributed by atoms with Gasteiger partial charge in [-0.25, -0.2) is 4.39 Å². The molecule has 1 unspecified atom stereocenters. The molecule has 1 atom stereocenters. The molecule has 4 heteroatoms. The maximum Gasteiger partial charge on any atom is 0.162 e. The molecule has 0 radical (unpaired) electrons. The normalized spacial score (nSPS) is 20.4. The number of hydrogen-bond donors (Lipinski definition) is 1. The third-order valence-electron chi connectivity index (χ3n) is 4.31. The molecule has 2 nitrogen and oxygen atoms in total. The van der Waals surface area contributed by atoms with Gasteiger partial charge in [0, 0.05) is 22.6 Å². The number of thioether (sulfide) groups is 1. The average Bonchev–Trinajstić information content (AvgIpc) is 2.73. The van der Waals surface area contributed by atoms with Gasteiger partial charge in [0.25, 0.3) is 0 Å². The summed E-state index contributed by atoms with van der Waals surface area (Å²) in [5.41, 5.74) is 3.89. The Hall–Kier alpha value is -2.07. The fourth-order valence-electron chi connectivity index (χ4n) is 3.19. The molecule has 2 aromatic carbocycles. The van der Waals surface area contributed by atoms with Crippen molar-refractivity contribution in [1.29, 1.82) is 0 Å². The first kappa shape index (κ1) is 14.5. The standard InChI is InChI=1S/C19H16FNOS/c20-13-10-8-12(9-11-13)19-18-15(5-3-6-16(18)22)21-14-4-1-2-7-17(14)23-19/h1-2,4,7-11,19,21H,3,5-6H2. The number of benzene rings is 2. The van der Waals surface area contributed by atoms with Crippen molar-refractivity contribution in [2.45, 2.75) is 29.4 Å². The number of ketones is 1. The Morgan fingerprint density at radius 1 is 1.04 bits per heavy atom. The van der Waals surface area contributed by atoms with Gasteiger partial charge in [0.2, 0.25) is 0 Å². The third-order valence-corrected chi connectivity index (χ3v) is 5.66. The molecule has 1 aliphatic carbocycles. The fraction of sp³-hybridized carbons (Fsp3) is 0.211. The zero-order valence-electron chi connectivity index (χ0n) is 12.5. The van der Waals surface area contributed by atoms with E-state index in [0.29, 0.717) is 6.42 Å². The van der Waals surface area contributed by atoms with Gasteiger partial charge < -0.3 is 5.32 Å². The third kappa shape index (κ3) is 2.68. The maximum absolute atomic E-state index is 13.3. The van der Waals surface area contributed by atoms with Crippen molar-refractivity contribution < 1.29 is 9.18 Å². The van der Waals surface area contributed by atoms with Gasteiger partial charge in [0.05, 0.1) is 10.9 Å². The Labute approximate surface area is 138 Å². The Bertz CT molecular complexity index is 797. The van der Waals surface area contributed by atoms with Crippen molar-refractivity contribution in [3.63, 3.8) is 0 Å². The molecule has 1 heterocycles. The highest BCUT2D eigenvalue weighted by Gasteiger charge is 2.32. The van der Waals surface area contributed by atoms with E-state index < -0.39 is 0 Å². The van der Waals surface area contributed by atoms with Gasteiger partial charge in [-0.15, -0.1) is 11.8 Å². The van der Waals surface area contributed by atoms with Gasteiger partial charge in [-0.05, 0) is 42.7 Å². The first-order chi connectivity index (χ1) is 11.2. The quantitative estimate of drug-likeness (QED) is 0.791. The van der Waals surface area contributed by atoms with Crippen LogP contribution in [0.25, 0.3) is 0 Å². The molecule has 1 N–H and O–H groups in total. The second-order valence-electron chi connectivity index (χ2n) is 5.84. The molecular formula is C19H16FNOS. The molecule has 23 heavy (non-hydrogen) atoms. The number of hydrogen-bond acceptors (Lipinski definition) is 3. The summed E-state index contributed by atoms with van der Waals surface area (Å²) < 4.78 is 13.3. The van der Waals surface area contributed by atoms with Crippen LogP contribution in [0.5, 0.6) is 0 Å². The van der Waals surface area contributed by atoms with E-state index in [-0.39, 0.29) is 16.9 Å². The second-order valence-corrected chi connectivity index (χ2v) is 6.99. The molecule has 4 rings (SSSR count). The monoisotopic (exact) mass is 325 g/mol. The van der Waals surface area contributed by atoms with Crippen molar-refractivity contribution in [3.05, 3.63) is 71.2 Å². The van der Waals surface area contributed by atoms with Crippen molar-refractivity contribution in [2.24, 2.45) is 0 Å². The largest absolute Gasteiger partial charge is 0.358 e. The fourth-order valence-corrected chi connectivity index (χ4v) is 4.53. The molecule has 0 saturated carbocycles. The van der Waals surface area contributed by atoms with Crippen molar-refractivity contribution in [1.82, 2.24) is 0 Å². The van der Waals surface area contributed by atoms with Gasteiger partial charge in [-0.3, -0.25) is 4.79 Å². The van der Waals surface area contributed by atoms with Crippen LogP contribution in [0.4, 0.5) is 10.1 Å². The predicted octanol–water partition coefficient (Wildman–Crippen LogP) is 5.09. The van der Waals surface area contributed by atoms with E-state index >= 15 is 0 Å². The second kappa shape index (κ2) is 5.85. The van der Waals surface area contributed by atoms with Crippen LogP contribution in [0.15, 0.2) is 64.7 Å². The molecule has 2 aliphatic rings. The Morgan fingerprint density at radius 2 is 1.83 bits per heavy atom. The molecule has 0 amide bonds. The van der Waals surface area contributed by atoms with Gasteiger partial charge in [0.15, 0.2) is 5.78 Å². The summed E-state index contributed by atoms with van der Waals surface area (Å²) in [5.74, 6) is -0.0524. The molecule has 0 aromatic heterocycles. The summed E-state index contributed by atoms with van der Waals surface area (Å²) in [4.78, 5) is 13.7. The van der Waals surface area contributed by atoms with Crippen LogP contribution in [0.1, 0.15) is 30.1 Å². The van der Waals surface area contributed by atoms with Gasteiger partial charge in [-0.2, -0.15) is 0 Å². The lowest BCUT2D eigenvalue weighted by atomic mass is 9.89. The van der Waals surface area contributed by atoms with Crippen molar-refractivity contribution in [2.75, 3.05) is 5.32 Å². The van der Waals surface area contributed by atoms with Gasteiger partial charge in [-0.1, -0.05) is 24.3 Å². The van der Waals surface area contributed by atoms with E-state index in [0.717, 1.165) is 40.3 Å². The molecule has 0 saturated heterocycles. The van der Waals surface area contributed by atoms with E-state index in [4.69, 9.17) is 0 Å². The van der Waals surface area contributed by atoms with Crippen LogP contribution in [0, 0.1) is 5.82 Å². The summed E-state index contributed by atoms with van der Waals surface area (Å²) in [7, 11) is 0. The first-order valence-electron chi connectivity index (χ1n) is 7.77. The van der Waals surface area contributed by atoms with E-state index in [1.54, 1.807) is 23.9 Å². The zero-order chi connectivity index (χ0) is 15.8. The number of Topliss-reactive ketones (excluding diaryl/α,β-unsaturated/α-hetero) is 1. The minimum atomic E-state index is -0.255. The van der Waals surface area contributed by atoms with Gasteiger partial charge in [0.1, 0.15) is 5.82 Å². The molecule has 1 aliphatic heterocycles. The molecular weight excluding hydrogens is 309 g/mol. The number of anilines is 1. The smallest absolute Gasteiger partial charge is 0.162 e. The van der Waals surface area contributed by atoms with Crippen LogP contribution in [-0.2, 0) is 4.79 Å². The van der Waals surface area contributed by atoms with E-state index in [1.165, 1.54) is 12.1 Å². The number of carbonyl (C=O) groups is 1. The van der Waals surface area contributed by atoms with E-state index in [9.17, 15) is 9.18 Å². The first-order valence-corrected chi connectivity index (χ1v) is 8.65. The molecule has 116 valence electrons. The highest BCUT2D eigenvalue weighted by Crippen LogP contribution is 2.49. The maximum atomic E-state index is 13.3.